The zero-order valence-electron chi connectivity index (χ0n) is 16.3. The molecule has 2 aliphatic heterocycles. The van der Waals surface area contributed by atoms with Crippen LogP contribution in [0, 0.1) is 0 Å². The summed E-state index contributed by atoms with van der Waals surface area (Å²) in [5, 5.41) is 9.62. The van der Waals surface area contributed by atoms with E-state index in [4.69, 9.17) is 9.47 Å². The maximum absolute atomic E-state index is 12.4. The number of phenols is 1. The average molecular weight is 363 g/mol. The predicted molar refractivity (Wildman–Crippen MR) is 98.8 cm³/mol. The molecule has 0 bridgehead atoms. The zero-order chi connectivity index (χ0) is 19.5. The van der Waals surface area contributed by atoms with Crippen LogP contribution in [0.25, 0.3) is 0 Å². The van der Waals surface area contributed by atoms with E-state index in [-0.39, 0.29) is 17.6 Å². The maximum atomic E-state index is 12.4. The van der Waals surface area contributed by atoms with Crippen molar-refractivity contribution in [2.45, 2.75) is 65.1 Å². The summed E-state index contributed by atoms with van der Waals surface area (Å²) in [5.41, 5.74) is -0.621. The minimum absolute atomic E-state index is 0.0157. The standard InChI is InChI=1S/C18H23NO5.C2H6/c1-17(2,3)24-16(22)19-8-6-18(7-9-19)11-14(21)13-5-4-12(20)10-15(13)23-18;1-2/h4-5,10,20H,6-9,11H2,1-3H3;1-2H3. The first-order valence-corrected chi connectivity index (χ1v) is 9.21. The first-order chi connectivity index (χ1) is 12.2. The first kappa shape index (κ1) is 20.1. The van der Waals surface area contributed by atoms with Crippen molar-refractivity contribution in [2.75, 3.05) is 13.1 Å². The fraction of sp³-hybridized carbons (Fsp3) is 0.600. The molecule has 0 saturated carbocycles. The average Bonchev–Trinajstić information content (AvgIpc) is 2.55. The van der Waals surface area contributed by atoms with Gasteiger partial charge in [-0.05, 0) is 32.9 Å². The number of hydrogen-bond donors (Lipinski definition) is 1. The summed E-state index contributed by atoms with van der Waals surface area (Å²) in [6, 6.07) is 4.56. The van der Waals surface area contributed by atoms with Gasteiger partial charge < -0.3 is 19.5 Å². The van der Waals surface area contributed by atoms with E-state index >= 15 is 0 Å². The molecule has 0 aromatic heterocycles. The van der Waals surface area contributed by atoms with E-state index in [1.54, 1.807) is 11.0 Å². The molecule has 1 aromatic carbocycles. The number of rotatable bonds is 0. The predicted octanol–water partition coefficient (Wildman–Crippen LogP) is 4.15. The Morgan fingerprint density at radius 3 is 2.42 bits per heavy atom. The van der Waals surface area contributed by atoms with Gasteiger partial charge in [0.15, 0.2) is 5.78 Å². The fourth-order valence-electron chi connectivity index (χ4n) is 3.19. The molecule has 2 aliphatic rings. The maximum Gasteiger partial charge on any atom is 0.410 e. The Balaban J connectivity index is 0.00000117. The van der Waals surface area contributed by atoms with Gasteiger partial charge in [0.05, 0.1) is 12.0 Å². The van der Waals surface area contributed by atoms with Gasteiger partial charge in [-0.3, -0.25) is 4.79 Å². The molecule has 6 heteroatoms. The summed E-state index contributed by atoms with van der Waals surface area (Å²) in [4.78, 5) is 26.2. The number of nitrogens with zero attached hydrogens (tertiary/aromatic N) is 1. The van der Waals surface area contributed by atoms with Crippen molar-refractivity contribution in [2.24, 2.45) is 0 Å². The van der Waals surface area contributed by atoms with Crippen molar-refractivity contribution in [1.29, 1.82) is 0 Å². The van der Waals surface area contributed by atoms with E-state index in [2.05, 4.69) is 0 Å². The van der Waals surface area contributed by atoms with Crippen LogP contribution in [0.3, 0.4) is 0 Å². The number of amides is 1. The van der Waals surface area contributed by atoms with E-state index in [9.17, 15) is 14.7 Å². The van der Waals surface area contributed by atoms with E-state index < -0.39 is 11.2 Å². The molecule has 0 atom stereocenters. The molecule has 1 fully saturated rings. The third-order valence-corrected chi connectivity index (χ3v) is 4.40. The Morgan fingerprint density at radius 2 is 1.85 bits per heavy atom. The second-order valence-electron chi connectivity index (χ2n) is 7.53. The second-order valence-corrected chi connectivity index (χ2v) is 7.53. The lowest BCUT2D eigenvalue weighted by Crippen LogP contribution is -2.52. The quantitative estimate of drug-likeness (QED) is 0.749. The highest BCUT2D eigenvalue weighted by Gasteiger charge is 2.44. The molecular weight excluding hydrogens is 334 g/mol. The number of Topliss-reactive ketones (excluding diaryl/α,β-unsaturated/α-hetero) is 1. The highest BCUT2D eigenvalue weighted by atomic mass is 16.6. The minimum atomic E-state index is -0.601. The molecule has 0 radical (unpaired) electrons. The molecule has 0 unspecified atom stereocenters. The Labute approximate surface area is 155 Å². The molecule has 1 N–H and O–H groups in total. The Hall–Kier alpha value is -2.24. The normalized spacial score (nSPS) is 18.3. The van der Waals surface area contributed by atoms with Crippen LogP contribution in [0.1, 0.15) is 64.2 Å². The van der Waals surface area contributed by atoms with E-state index in [0.717, 1.165) is 0 Å². The number of fused-ring (bicyclic) bond motifs is 1. The molecule has 3 rings (SSSR count). The van der Waals surface area contributed by atoms with Gasteiger partial charge in [0.2, 0.25) is 0 Å². The van der Waals surface area contributed by atoms with Crippen molar-refractivity contribution in [3.05, 3.63) is 23.8 Å². The SMILES string of the molecule is CC.CC(C)(C)OC(=O)N1CCC2(CC1)CC(=O)c1ccc(O)cc1O2. The van der Waals surface area contributed by atoms with Crippen LogP contribution in [0.4, 0.5) is 4.79 Å². The molecule has 1 amide bonds. The van der Waals surface area contributed by atoms with Crippen LogP contribution >= 0.6 is 0 Å². The molecule has 1 spiro atoms. The van der Waals surface area contributed by atoms with Crippen LogP contribution < -0.4 is 4.74 Å². The molecule has 6 nitrogen and oxygen atoms in total. The van der Waals surface area contributed by atoms with Gasteiger partial charge in [0, 0.05) is 32.0 Å². The summed E-state index contributed by atoms with van der Waals surface area (Å²) < 4.78 is 11.5. The van der Waals surface area contributed by atoms with E-state index in [0.29, 0.717) is 43.7 Å². The van der Waals surface area contributed by atoms with Gasteiger partial charge in [-0.15, -0.1) is 0 Å². The Morgan fingerprint density at radius 1 is 1.23 bits per heavy atom. The largest absolute Gasteiger partial charge is 0.508 e. The molecule has 26 heavy (non-hydrogen) atoms. The second kappa shape index (κ2) is 7.56. The molecule has 144 valence electrons. The van der Waals surface area contributed by atoms with Crippen LogP contribution in [-0.2, 0) is 4.74 Å². The summed E-state index contributed by atoms with van der Waals surface area (Å²) in [5.74, 6) is 0.517. The number of likely N-dealkylation sites (tertiary alicyclic amines) is 1. The smallest absolute Gasteiger partial charge is 0.410 e. The number of benzene rings is 1. The van der Waals surface area contributed by atoms with E-state index in [1.807, 2.05) is 34.6 Å². The molecule has 1 aromatic rings. The third kappa shape index (κ3) is 4.48. The number of carbonyl (C=O) groups is 2. The Kier molecular flexibility index (Phi) is 5.84. The highest BCUT2D eigenvalue weighted by Crippen LogP contribution is 2.40. The fourth-order valence-corrected chi connectivity index (χ4v) is 3.19. The monoisotopic (exact) mass is 363 g/mol. The highest BCUT2D eigenvalue weighted by molar-refractivity contribution is 6.00. The van der Waals surface area contributed by atoms with Gasteiger partial charge in [-0.25, -0.2) is 4.79 Å². The minimum Gasteiger partial charge on any atom is -0.508 e. The number of ether oxygens (including phenoxy) is 2. The number of aromatic hydroxyl groups is 1. The lowest BCUT2D eigenvalue weighted by atomic mass is 9.82. The van der Waals surface area contributed by atoms with E-state index in [1.165, 1.54) is 12.1 Å². The molecule has 0 aliphatic carbocycles. The number of piperidine rings is 1. The lowest BCUT2D eigenvalue weighted by molar-refractivity contribution is -0.0226. The summed E-state index contributed by atoms with van der Waals surface area (Å²) in [7, 11) is 0. The van der Waals surface area contributed by atoms with Crippen LogP contribution in [0.2, 0.25) is 0 Å². The first-order valence-electron chi connectivity index (χ1n) is 9.21. The summed E-state index contributed by atoms with van der Waals surface area (Å²) >= 11 is 0. The van der Waals surface area contributed by atoms with Crippen molar-refractivity contribution < 1.29 is 24.2 Å². The topological polar surface area (TPSA) is 76.1 Å². The van der Waals surface area contributed by atoms with Crippen molar-refractivity contribution >= 4 is 11.9 Å². The lowest BCUT2D eigenvalue weighted by Gasteiger charge is -2.43. The third-order valence-electron chi connectivity index (χ3n) is 4.40. The van der Waals surface area contributed by atoms with Crippen molar-refractivity contribution in [1.82, 2.24) is 4.90 Å². The van der Waals surface area contributed by atoms with Gasteiger partial charge in [-0.2, -0.15) is 0 Å². The van der Waals surface area contributed by atoms with Crippen molar-refractivity contribution in [3.63, 3.8) is 0 Å². The number of ketones is 1. The summed E-state index contributed by atoms with van der Waals surface area (Å²) in [6.45, 7) is 10.5. The molecular formula is C20H29NO5. The molecule has 2 heterocycles. The number of phenolic OH excluding ortho intramolecular Hbond substituents is 1. The molecule has 1 saturated heterocycles. The van der Waals surface area contributed by atoms with Gasteiger partial charge in [0.1, 0.15) is 22.7 Å². The van der Waals surface area contributed by atoms with Gasteiger partial charge in [-0.1, -0.05) is 13.8 Å². The Bertz CT molecular complexity index is 669. The van der Waals surface area contributed by atoms with Crippen LogP contribution in [-0.4, -0.2) is 46.2 Å². The number of hydrogen-bond acceptors (Lipinski definition) is 5. The zero-order valence-corrected chi connectivity index (χ0v) is 16.3. The number of carbonyl (C=O) groups excluding carboxylic acids is 2. The van der Waals surface area contributed by atoms with Crippen molar-refractivity contribution in [3.8, 4) is 11.5 Å². The summed E-state index contributed by atoms with van der Waals surface area (Å²) in [6.07, 6.45) is 1.09. The van der Waals surface area contributed by atoms with Gasteiger partial charge in [0.25, 0.3) is 0 Å². The van der Waals surface area contributed by atoms with Crippen LogP contribution in [0.5, 0.6) is 11.5 Å². The van der Waals surface area contributed by atoms with Crippen LogP contribution in [0.15, 0.2) is 18.2 Å². The van der Waals surface area contributed by atoms with Gasteiger partial charge >= 0.3 is 6.09 Å².